The van der Waals surface area contributed by atoms with Crippen molar-refractivity contribution in [3.63, 3.8) is 0 Å². The van der Waals surface area contributed by atoms with E-state index in [1.54, 1.807) is 24.3 Å². The van der Waals surface area contributed by atoms with Gasteiger partial charge in [-0.1, -0.05) is 34.1 Å². The number of aromatic nitrogens is 1. The Balaban J connectivity index is 1.34. The molecule has 1 aliphatic heterocycles. The Hall–Kier alpha value is -3.13. The van der Waals surface area contributed by atoms with E-state index in [-0.39, 0.29) is 18.2 Å². The number of carbonyl (C=O) groups excluding carboxylic acids is 3. The number of hydrogen-bond acceptors (Lipinski definition) is 3. The molecule has 148 valence electrons. The fourth-order valence-corrected chi connectivity index (χ4v) is 3.73. The van der Waals surface area contributed by atoms with Crippen LogP contribution in [0.1, 0.15) is 16.8 Å². The summed E-state index contributed by atoms with van der Waals surface area (Å²) >= 11 is 3.47. The number of amides is 3. The summed E-state index contributed by atoms with van der Waals surface area (Å²) < 4.78 is 3.04. The van der Waals surface area contributed by atoms with Crippen LogP contribution in [0.2, 0.25) is 0 Å². The number of fused-ring (bicyclic) bond motifs is 2. The van der Waals surface area contributed by atoms with Gasteiger partial charge in [0.25, 0.3) is 5.91 Å². The van der Waals surface area contributed by atoms with Gasteiger partial charge in [-0.3, -0.25) is 14.4 Å². The van der Waals surface area contributed by atoms with Crippen molar-refractivity contribution in [3.05, 3.63) is 64.8 Å². The largest absolute Gasteiger partial charge is 0.354 e. The lowest BCUT2D eigenvalue weighted by Crippen LogP contribution is -2.44. The molecule has 8 heteroatoms. The van der Waals surface area contributed by atoms with Crippen LogP contribution in [-0.2, 0) is 16.1 Å². The molecule has 0 saturated carbocycles. The number of halogens is 1. The first-order valence-electron chi connectivity index (χ1n) is 9.23. The third-order valence-corrected chi connectivity index (χ3v) is 5.34. The van der Waals surface area contributed by atoms with Gasteiger partial charge < -0.3 is 20.5 Å². The summed E-state index contributed by atoms with van der Waals surface area (Å²) in [5.41, 5.74) is 1.90. The van der Waals surface area contributed by atoms with E-state index in [1.165, 1.54) is 0 Å². The number of benzene rings is 2. The van der Waals surface area contributed by atoms with E-state index >= 15 is 0 Å². The first-order chi connectivity index (χ1) is 14.0. The molecule has 1 aliphatic rings. The molecule has 0 saturated heterocycles. The highest BCUT2D eigenvalue weighted by molar-refractivity contribution is 9.10. The van der Waals surface area contributed by atoms with Crippen LogP contribution < -0.4 is 16.0 Å². The van der Waals surface area contributed by atoms with Crippen LogP contribution in [0.3, 0.4) is 0 Å². The van der Waals surface area contributed by atoms with Gasteiger partial charge in [-0.2, -0.15) is 0 Å². The zero-order valence-corrected chi connectivity index (χ0v) is 17.0. The van der Waals surface area contributed by atoms with Crippen molar-refractivity contribution in [1.82, 2.24) is 15.2 Å². The van der Waals surface area contributed by atoms with Crippen molar-refractivity contribution < 1.29 is 14.4 Å². The van der Waals surface area contributed by atoms with E-state index in [9.17, 15) is 14.4 Å². The third kappa shape index (κ3) is 4.17. The molecule has 0 unspecified atom stereocenters. The molecule has 1 aromatic heterocycles. The van der Waals surface area contributed by atoms with Gasteiger partial charge in [-0.25, -0.2) is 0 Å². The molecule has 7 nitrogen and oxygen atoms in total. The maximum Gasteiger partial charge on any atom is 0.254 e. The maximum absolute atomic E-state index is 12.4. The van der Waals surface area contributed by atoms with Crippen molar-refractivity contribution in [2.75, 3.05) is 11.9 Å². The standard InChI is InChI=1S/C21H19BrN4O3/c22-14-6-5-13-7-9-26(18(13)11-14)10-8-23-19(27)12-17-21(29)24-16-4-2-1-3-15(16)20(28)25-17/h1-7,9,11,17H,8,10,12H2,(H,23,27)(H,24,29)(H,25,28)/t17-/m0/s1. The van der Waals surface area contributed by atoms with Crippen LogP contribution in [0.15, 0.2) is 59.2 Å². The molecule has 3 amide bonds. The molecule has 2 aromatic carbocycles. The third-order valence-electron chi connectivity index (χ3n) is 4.85. The van der Waals surface area contributed by atoms with Gasteiger partial charge in [-0.15, -0.1) is 0 Å². The normalized spacial score (nSPS) is 16.0. The Morgan fingerprint density at radius 3 is 2.83 bits per heavy atom. The molecule has 3 aromatic rings. The first-order valence-corrected chi connectivity index (χ1v) is 10.0. The number of nitrogens with zero attached hydrogens (tertiary/aromatic N) is 1. The molecule has 3 N–H and O–H groups in total. The van der Waals surface area contributed by atoms with Crippen LogP contribution in [0, 0.1) is 0 Å². The monoisotopic (exact) mass is 454 g/mol. The molecule has 4 rings (SSSR count). The Kier molecular flexibility index (Phi) is 5.35. The van der Waals surface area contributed by atoms with Gasteiger partial charge in [-0.05, 0) is 35.7 Å². The molecular weight excluding hydrogens is 436 g/mol. The van der Waals surface area contributed by atoms with Crippen molar-refractivity contribution in [3.8, 4) is 0 Å². The van der Waals surface area contributed by atoms with E-state index in [0.717, 1.165) is 15.4 Å². The van der Waals surface area contributed by atoms with E-state index in [4.69, 9.17) is 0 Å². The number of para-hydroxylation sites is 1. The zero-order chi connectivity index (χ0) is 20.4. The molecule has 0 aliphatic carbocycles. The minimum atomic E-state index is -0.918. The summed E-state index contributed by atoms with van der Waals surface area (Å²) in [7, 11) is 0. The Labute approximate surface area is 175 Å². The van der Waals surface area contributed by atoms with Crippen LogP contribution >= 0.6 is 15.9 Å². The summed E-state index contributed by atoms with van der Waals surface area (Å²) in [5, 5.41) is 9.27. The van der Waals surface area contributed by atoms with Crippen molar-refractivity contribution in [1.29, 1.82) is 0 Å². The lowest BCUT2D eigenvalue weighted by atomic mass is 10.1. The average Bonchev–Trinajstić information content (AvgIpc) is 3.04. The molecule has 29 heavy (non-hydrogen) atoms. The number of hydrogen-bond donors (Lipinski definition) is 3. The van der Waals surface area contributed by atoms with Gasteiger partial charge in [0.05, 0.1) is 17.7 Å². The fraction of sp³-hybridized carbons (Fsp3) is 0.190. The van der Waals surface area contributed by atoms with E-state index in [1.807, 2.05) is 30.5 Å². The maximum atomic E-state index is 12.4. The molecule has 0 spiro atoms. The highest BCUT2D eigenvalue weighted by Gasteiger charge is 2.29. The van der Waals surface area contributed by atoms with Gasteiger partial charge in [0, 0.05) is 29.3 Å². The van der Waals surface area contributed by atoms with Gasteiger partial charge >= 0.3 is 0 Å². The topological polar surface area (TPSA) is 92.2 Å². The summed E-state index contributed by atoms with van der Waals surface area (Å²) in [6.07, 6.45) is 1.85. The lowest BCUT2D eigenvalue weighted by Gasteiger charge is -2.14. The molecule has 0 bridgehead atoms. The predicted molar refractivity (Wildman–Crippen MR) is 114 cm³/mol. The molecule has 0 radical (unpaired) electrons. The zero-order valence-electron chi connectivity index (χ0n) is 15.4. The fourth-order valence-electron chi connectivity index (χ4n) is 3.38. The number of nitrogens with one attached hydrogen (secondary N) is 3. The lowest BCUT2D eigenvalue weighted by molar-refractivity contribution is -0.125. The van der Waals surface area contributed by atoms with Crippen molar-refractivity contribution >= 4 is 50.2 Å². The van der Waals surface area contributed by atoms with Gasteiger partial charge in [0.2, 0.25) is 11.8 Å². The SMILES string of the molecule is O=C(C[C@@H]1NC(=O)c2ccccc2NC1=O)NCCn1ccc2ccc(Br)cc21. The quantitative estimate of drug-likeness (QED) is 0.553. The second-order valence-corrected chi connectivity index (χ2v) is 7.74. The minimum absolute atomic E-state index is 0.121. The van der Waals surface area contributed by atoms with Gasteiger partial charge in [0.15, 0.2) is 0 Å². The van der Waals surface area contributed by atoms with Gasteiger partial charge in [0.1, 0.15) is 6.04 Å². The van der Waals surface area contributed by atoms with Crippen LogP contribution in [0.25, 0.3) is 10.9 Å². The van der Waals surface area contributed by atoms with E-state index < -0.39 is 11.9 Å². The summed E-state index contributed by atoms with van der Waals surface area (Å²) in [5.74, 6) is -1.07. The Morgan fingerprint density at radius 1 is 1.14 bits per heavy atom. The first kappa shape index (κ1) is 19.2. The predicted octanol–water partition coefficient (Wildman–Crippen LogP) is 2.66. The molecule has 2 heterocycles. The van der Waals surface area contributed by atoms with E-state index in [0.29, 0.717) is 24.3 Å². The van der Waals surface area contributed by atoms with Crippen molar-refractivity contribution in [2.24, 2.45) is 0 Å². The number of anilines is 1. The van der Waals surface area contributed by atoms with Crippen LogP contribution in [0.4, 0.5) is 5.69 Å². The smallest absolute Gasteiger partial charge is 0.254 e. The second-order valence-electron chi connectivity index (χ2n) is 6.83. The summed E-state index contributed by atoms with van der Waals surface area (Å²) in [6.45, 7) is 1.01. The Morgan fingerprint density at radius 2 is 1.97 bits per heavy atom. The van der Waals surface area contributed by atoms with Crippen LogP contribution in [0.5, 0.6) is 0 Å². The van der Waals surface area contributed by atoms with E-state index in [2.05, 4.69) is 36.4 Å². The highest BCUT2D eigenvalue weighted by atomic mass is 79.9. The summed E-state index contributed by atoms with van der Waals surface area (Å²) in [4.78, 5) is 37.0. The average molecular weight is 455 g/mol. The Bertz CT molecular complexity index is 1110. The minimum Gasteiger partial charge on any atom is -0.354 e. The molecule has 1 atom stereocenters. The number of rotatable bonds is 5. The second kappa shape index (κ2) is 8.08. The molecular formula is C21H19BrN4O3. The van der Waals surface area contributed by atoms with Crippen molar-refractivity contribution in [2.45, 2.75) is 19.0 Å². The summed E-state index contributed by atoms with van der Waals surface area (Å²) in [6, 6.07) is 13.9. The van der Waals surface area contributed by atoms with Crippen LogP contribution in [-0.4, -0.2) is 34.9 Å². The number of carbonyl (C=O) groups is 3. The molecule has 0 fully saturated rings. The highest BCUT2D eigenvalue weighted by Crippen LogP contribution is 2.21.